The molecule has 3 aromatic rings. The van der Waals surface area contributed by atoms with Gasteiger partial charge in [-0.25, -0.2) is 13.8 Å². The maximum atomic E-state index is 13.8. The van der Waals surface area contributed by atoms with Crippen molar-refractivity contribution < 1.29 is 23.4 Å². The Labute approximate surface area is 212 Å². The molecule has 2 N–H and O–H groups in total. The number of rotatable bonds is 6. The molecule has 0 saturated heterocycles. The van der Waals surface area contributed by atoms with Gasteiger partial charge in [0.1, 0.15) is 24.6 Å². The molecule has 2 aromatic carbocycles. The minimum Gasteiger partial charge on any atom is -0.471 e. The maximum absolute atomic E-state index is 13.8. The number of benzene rings is 2. The molecular formula is C26H28ClF2N3O4. The van der Waals surface area contributed by atoms with Gasteiger partial charge in [-0.2, -0.15) is 0 Å². The van der Waals surface area contributed by atoms with Gasteiger partial charge in [-0.3, -0.25) is 14.2 Å². The van der Waals surface area contributed by atoms with E-state index in [0.29, 0.717) is 29.7 Å². The van der Waals surface area contributed by atoms with Crippen LogP contribution in [0.15, 0.2) is 47.5 Å². The second-order valence-corrected chi connectivity index (χ2v) is 8.87. The smallest absolute Gasteiger partial charge is 0.280 e. The molecule has 0 spiro atoms. The number of amides is 1. The van der Waals surface area contributed by atoms with E-state index in [9.17, 15) is 23.5 Å². The molecular weight excluding hydrogens is 492 g/mol. The molecule has 10 heteroatoms. The summed E-state index contributed by atoms with van der Waals surface area (Å²) in [7, 11) is 0. The predicted molar refractivity (Wildman–Crippen MR) is 133 cm³/mol. The van der Waals surface area contributed by atoms with Crippen LogP contribution >= 0.6 is 11.6 Å². The monoisotopic (exact) mass is 519 g/mol. The molecule has 36 heavy (non-hydrogen) atoms. The summed E-state index contributed by atoms with van der Waals surface area (Å²) in [6, 6.07) is 7.62. The van der Waals surface area contributed by atoms with E-state index in [2.05, 4.69) is 10.3 Å². The highest BCUT2D eigenvalue weighted by atomic mass is 35.5. The molecule has 192 valence electrons. The predicted octanol–water partition coefficient (Wildman–Crippen LogP) is 4.72. The van der Waals surface area contributed by atoms with E-state index in [1.54, 1.807) is 25.1 Å². The van der Waals surface area contributed by atoms with Crippen molar-refractivity contribution in [2.24, 2.45) is 0 Å². The number of aliphatic hydroxyl groups is 1. The number of nitrogens with one attached hydrogen (secondary N) is 1. The van der Waals surface area contributed by atoms with Crippen molar-refractivity contribution in [1.29, 1.82) is 0 Å². The largest absolute Gasteiger partial charge is 0.471 e. The summed E-state index contributed by atoms with van der Waals surface area (Å²) in [5.41, 5.74) is 0.850. The number of hydrogen-bond donors (Lipinski definition) is 2. The van der Waals surface area contributed by atoms with E-state index in [-0.39, 0.29) is 42.4 Å². The van der Waals surface area contributed by atoms with Gasteiger partial charge >= 0.3 is 0 Å². The van der Waals surface area contributed by atoms with E-state index in [1.807, 2.05) is 0 Å². The number of aryl methyl sites for hydroxylation is 1. The summed E-state index contributed by atoms with van der Waals surface area (Å²) in [5, 5.41) is 12.7. The third kappa shape index (κ3) is 5.91. The first kappa shape index (κ1) is 27.3. The number of nitrogens with zero attached hydrogens (tertiary/aromatic N) is 2. The fraction of sp³-hybridized carbons (Fsp3) is 0.346. The second-order valence-electron chi connectivity index (χ2n) is 8.50. The minimum atomic E-state index is -0.791. The number of carbonyl (C=O) groups excluding carboxylic acids is 1. The summed E-state index contributed by atoms with van der Waals surface area (Å²) >= 11 is 6.20. The fourth-order valence-electron chi connectivity index (χ4n) is 4.02. The number of aromatic nitrogens is 2. The zero-order valence-electron chi connectivity index (χ0n) is 18.9. The van der Waals surface area contributed by atoms with E-state index in [1.165, 1.54) is 17.0 Å². The molecule has 0 aliphatic heterocycles. The molecule has 7 nitrogen and oxygen atoms in total. The van der Waals surface area contributed by atoms with Crippen LogP contribution in [0.2, 0.25) is 5.02 Å². The Morgan fingerprint density at radius 3 is 2.69 bits per heavy atom. The van der Waals surface area contributed by atoms with Gasteiger partial charge < -0.3 is 15.2 Å². The van der Waals surface area contributed by atoms with Crippen LogP contribution in [-0.4, -0.2) is 32.7 Å². The Morgan fingerprint density at radius 1 is 1.22 bits per heavy atom. The van der Waals surface area contributed by atoms with Gasteiger partial charge in [0.05, 0.1) is 17.8 Å². The van der Waals surface area contributed by atoms with Crippen molar-refractivity contribution in [3.8, 4) is 11.6 Å². The van der Waals surface area contributed by atoms with Gasteiger partial charge in [0.15, 0.2) is 5.02 Å². The zero-order chi connectivity index (χ0) is 25.1. The van der Waals surface area contributed by atoms with E-state index >= 15 is 0 Å². The van der Waals surface area contributed by atoms with Crippen molar-refractivity contribution in [2.75, 3.05) is 0 Å². The highest BCUT2D eigenvalue weighted by Gasteiger charge is 2.25. The van der Waals surface area contributed by atoms with Crippen LogP contribution in [0.3, 0.4) is 0 Å². The van der Waals surface area contributed by atoms with Gasteiger partial charge in [0, 0.05) is 17.2 Å². The Bertz CT molecular complexity index is 1310. The molecule has 1 saturated carbocycles. The lowest BCUT2D eigenvalue weighted by molar-refractivity contribution is 0.0717. The van der Waals surface area contributed by atoms with E-state index in [4.69, 9.17) is 16.3 Å². The first-order valence-corrected chi connectivity index (χ1v) is 11.6. The SMILES string of the molecule is C.Cc1ccc(C(=O)N[C@H]2CCCC[C@@H]2O)cc1-n1cnc(OCc2ccc(F)cc2F)c(Cl)c1=O. The van der Waals surface area contributed by atoms with Crippen LogP contribution in [0.1, 0.15) is 54.6 Å². The molecule has 0 unspecified atom stereocenters. The molecule has 1 fully saturated rings. The van der Waals surface area contributed by atoms with Gasteiger partial charge in [-0.1, -0.05) is 37.9 Å². The quantitative estimate of drug-likeness (QED) is 0.491. The lowest BCUT2D eigenvalue weighted by Gasteiger charge is -2.28. The molecule has 1 amide bonds. The van der Waals surface area contributed by atoms with Gasteiger partial charge in [-0.05, 0) is 49.6 Å². The number of halogens is 3. The molecule has 0 bridgehead atoms. The molecule has 0 radical (unpaired) electrons. The Morgan fingerprint density at radius 2 is 1.97 bits per heavy atom. The van der Waals surface area contributed by atoms with Crippen LogP contribution in [0.25, 0.3) is 5.69 Å². The zero-order valence-corrected chi connectivity index (χ0v) is 19.7. The summed E-state index contributed by atoms with van der Waals surface area (Å²) in [6.07, 6.45) is 3.83. The highest BCUT2D eigenvalue weighted by molar-refractivity contribution is 6.31. The third-order valence-corrected chi connectivity index (χ3v) is 6.36. The van der Waals surface area contributed by atoms with E-state index < -0.39 is 23.3 Å². The molecule has 1 aliphatic rings. The van der Waals surface area contributed by atoms with Crippen molar-refractivity contribution in [3.63, 3.8) is 0 Å². The number of ether oxygens (including phenoxy) is 1. The van der Waals surface area contributed by atoms with Crippen LogP contribution in [-0.2, 0) is 6.61 Å². The second kappa shape index (κ2) is 11.6. The third-order valence-electron chi connectivity index (χ3n) is 6.04. The summed E-state index contributed by atoms with van der Waals surface area (Å²) in [4.78, 5) is 29.8. The van der Waals surface area contributed by atoms with Crippen LogP contribution in [0, 0.1) is 18.6 Å². The van der Waals surface area contributed by atoms with Crippen molar-refractivity contribution in [1.82, 2.24) is 14.9 Å². The standard InChI is InChI=1S/C25H24ClF2N3O4.CH4/c1-14-6-7-15(23(33)30-19-4-2-3-5-21(19)32)10-20(14)31-13-29-24(22(26)25(31)34)35-12-16-8-9-17(27)11-18(16)28;/h6-11,13,19,21,32H,2-5,12H2,1H3,(H,30,33);1H4/t19-,21-;/m0./s1. The van der Waals surface area contributed by atoms with Crippen molar-refractivity contribution >= 4 is 17.5 Å². The average molecular weight is 520 g/mol. The Kier molecular flexibility index (Phi) is 8.81. The van der Waals surface area contributed by atoms with Crippen LogP contribution in [0.5, 0.6) is 5.88 Å². The molecule has 4 rings (SSSR count). The first-order valence-electron chi connectivity index (χ1n) is 11.2. The Hall–Kier alpha value is -3.30. The summed E-state index contributed by atoms with van der Waals surface area (Å²) in [5.74, 6) is -2.06. The normalized spacial score (nSPS) is 17.2. The number of aliphatic hydroxyl groups excluding tert-OH is 1. The first-order chi connectivity index (χ1) is 16.7. The molecule has 2 atom stereocenters. The Balaban J connectivity index is 0.00000361. The molecule has 1 heterocycles. The number of carbonyl (C=O) groups is 1. The molecule has 1 aliphatic carbocycles. The fourth-order valence-corrected chi connectivity index (χ4v) is 4.21. The lowest BCUT2D eigenvalue weighted by Crippen LogP contribution is -2.45. The molecule has 1 aromatic heterocycles. The van der Waals surface area contributed by atoms with Crippen LogP contribution < -0.4 is 15.6 Å². The van der Waals surface area contributed by atoms with Gasteiger partial charge in [0.2, 0.25) is 5.88 Å². The summed E-state index contributed by atoms with van der Waals surface area (Å²) < 4.78 is 33.5. The summed E-state index contributed by atoms with van der Waals surface area (Å²) in [6.45, 7) is 1.47. The highest BCUT2D eigenvalue weighted by Crippen LogP contribution is 2.23. The van der Waals surface area contributed by atoms with Gasteiger partial charge in [0.25, 0.3) is 11.5 Å². The van der Waals surface area contributed by atoms with Crippen molar-refractivity contribution in [2.45, 2.75) is 58.8 Å². The average Bonchev–Trinajstić information content (AvgIpc) is 2.83. The van der Waals surface area contributed by atoms with Crippen molar-refractivity contribution in [3.05, 3.63) is 86.4 Å². The van der Waals surface area contributed by atoms with E-state index in [0.717, 1.165) is 25.0 Å². The number of hydrogen-bond acceptors (Lipinski definition) is 5. The topological polar surface area (TPSA) is 93.5 Å². The van der Waals surface area contributed by atoms with Gasteiger partial charge in [-0.15, -0.1) is 0 Å². The van der Waals surface area contributed by atoms with Crippen LogP contribution in [0.4, 0.5) is 8.78 Å². The lowest BCUT2D eigenvalue weighted by atomic mass is 9.92. The maximum Gasteiger partial charge on any atom is 0.280 e. The minimum absolute atomic E-state index is 0.